The maximum Gasteiger partial charge on any atom is 0.00698 e. The molecule has 0 amide bonds. The Labute approximate surface area is 99.0 Å². The molecule has 2 rings (SSSR count). The average Bonchev–Trinajstić information content (AvgIpc) is 2.31. The van der Waals surface area contributed by atoms with Crippen LogP contribution in [-0.2, 0) is 6.42 Å². The molecule has 0 bridgehead atoms. The quantitative estimate of drug-likeness (QED) is 0.825. The topological polar surface area (TPSA) is 26.0 Å². The Morgan fingerprint density at radius 1 is 1.19 bits per heavy atom. The normalized spacial score (nSPS) is 27.6. The van der Waals surface area contributed by atoms with E-state index < -0.39 is 0 Å². The van der Waals surface area contributed by atoms with Crippen LogP contribution in [0.25, 0.3) is 0 Å². The van der Waals surface area contributed by atoms with Gasteiger partial charge in [0.1, 0.15) is 0 Å². The van der Waals surface area contributed by atoms with Gasteiger partial charge in [-0.3, -0.25) is 0 Å². The number of hydrogen-bond acceptors (Lipinski definition) is 1. The summed E-state index contributed by atoms with van der Waals surface area (Å²) in [4.78, 5) is 0. The molecule has 1 fully saturated rings. The van der Waals surface area contributed by atoms with E-state index in [1.165, 1.54) is 37.7 Å². The fourth-order valence-corrected chi connectivity index (χ4v) is 3.03. The van der Waals surface area contributed by atoms with Crippen LogP contribution in [0.5, 0.6) is 0 Å². The van der Waals surface area contributed by atoms with Gasteiger partial charge in [-0.05, 0) is 36.7 Å². The van der Waals surface area contributed by atoms with Crippen LogP contribution in [0.4, 0.5) is 0 Å². The molecule has 0 aromatic heterocycles. The molecule has 3 atom stereocenters. The van der Waals surface area contributed by atoms with Gasteiger partial charge in [0, 0.05) is 6.04 Å². The molecule has 1 aromatic rings. The molecule has 0 aliphatic heterocycles. The smallest absolute Gasteiger partial charge is 0.00698 e. The first kappa shape index (κ1) is 11.7. The van der Waals surface area contributed by atoms with E-state index in [1.54, 1.807) is 0 Å². The van der Waals surface area contributed by atoms with E-state index in [-0.39, 0.29) is 0 Å². The highest BCUT2D eigenvalue weighted by Crippen LogP contribution is 2.30. The molecule has 1 aliphatic rings. The first-order valence-corrected chi connectivity index (χ1v) is 6.57. The lowest BCUT2D eigenvalue weighted by Gasteiger charge is -2.33. The lowest BCUT2D eigenvalue weighted by Crippen LogP contribution is -2.37. The summed E-state index contributed by atoms with van der Waals surface area (Å²) in [5.74, 6) is 1.45. The van der Waals surface area contributed by atoms with Crippen LogP contribution in [0.1, 0.15) is 38.2 Å². The van der Waals surface area contributed by atoms with Gasteiger partial charge in [-0.2, -0.15) is 0 Å². The van der Waals surface area contributed by atoms with Crippen molar-refractivity contribution in [1.29, 1.82) is 0 Å². The van der Waals surface area contributed by atoms with Gasteiger partial charge in [0.2, 0.25) is 0 Å². The number of nitrogens with two attached hydrogens (primary N) is 1. The van der Waals surface area contributed by atoms with Gasteiger partial charge in [0.25, 0.3) is 0 Å². The Bertz CT molecular complexity index is 306. The molecule has 1 saturated carbocycles. The van der Waals surface area contributed by atoms with Gasteiger partial charge in [0.15, 0.2) is 0 Å². The van der Waals surface area contributed by atoms with Gasteiger partial charge in [-0.15, -0.1) is 0 Å². The summed E-state index contributed by atoms with van der Waals surface area (Å²) >= 11 is 0. The molecule has 0 spiro atoms. The Kier molecular flexibility index (Phi) is 4.00. The first-order chi connectivity index (χ1) is 7.77. The second kappa shape index (κ2) is 5.49. The minimum Gasteiger partial charge on any atom is -0.327 e. The number of rotatable bonds is 3. The highest BCUT2D eigenvalue weighted by molar-refractivity contribution is 5.15. The molecule has 2 N–H and O–H groups in total. The fourth-order valence-electron chi connectivity index (χ4n) is 3.03. The Hall–Kier alpha value is -0.820. The van der Waals surface area contributed by atoms with Crippen LogP contribution >= 0.6 is 0 Å². The maximum atomic E-state index is 6.23. The van der Waals surface area contributed by atoms with Crippen molar-refractivity contribution in [2.45, 2.75) is 45.1 Å². The SMILES string of the molecule is C[C@H](Cc1ccccc1)[C@H]1CCCC[C@H]1N. The van der Waals surface area contributed by atoms with Gasteiger partial charge in [-0.1, -0.05) is 50.1 Å². The summed E-state index contributed by atoms with van der Waals surface area (Å²) in [6.07, 6.45) is 6.44. The lowest BCUT2D eigenvalue weighted by molar-refractivity contribution is 0.226. The molecule has 0 radical (unpaired) electrons. The van der Waals surface area contributed by atoms with Crippen LogP contribution in [0.2, 0.25) is 0 Å². The zero-order chi connectivity index (χ0) is 11.4. The molecule has 1 aromatic carbocycles. The van der Waals surface area contributed by atoms with E-state index in [1.807, 2.05) is 0 Å². The summed E-state index contributed by atoms with van der Waals surface area (Å²) < 4.78 is 0. The molecule has 0 heterocycles. The summed E-state index contributed by atoms with van der Waals surface area (Å²) in [6.45, 7) is 2.36. The molecule has 1 aliphatic carbocycles. The van der Waals surface area contributed by atoms with E-state index >= 15 is 0 Å². The predicted molar refractivity (Wildman–Crippen MR) is 69.2 cm³/mol. The van der Waals surface area contributed by atoms with Crippen LogP contribution in [0, 0.1) is 11.8 Å². The number of benzene rings is 1. The highest BCUT2D eigenvalue weighted by atomic mass is 14.7. The third-order valence-corrected chi connectivity index (χ3v) is 4.01. The Morgan fingerprint density at radius 2 is 1.88 bits per heavy atom. The van der Waals surface area contributed by atoms with Crippen molar-refractivity contribution in [3.8, 4) is 0 Å². The zero-order valence-electron chi connectivity index (χ0n) is 10.2. The van der Waals surface area contributed by atoms with Crippen LogP contribution < -0.4 is 5.73 Å². The van der Waals surface area contributed by atoms with Crippen molar-refractivity contribution in [2.75, 3.05) is 0 Å². The summed E-state index contributed by atoms with van der Waals surface area (Å²) in [5, 5.41) is 0. The molecule has 1 heteroatoms. The minimum absolute atomic E-state index is 0.437. The molecule has 0 unspecified atom stereocenters. The fraction of sp³-hybridized carbons (Fsp3) is 0.600. The van der Waals surface area contributed by atoms with E-state index in [2.05, 4.69) is 37.3 Å². The van der Waals surface area contributed by atoms with Crippen molar-refractivity contribution in [3.05, 3.63) is 35.9 Å². The molecular formula is C15H23N. The van der Waals surface area contributed by atoms with Gasteiger partial charge >= 0.3 is 0 Å². The van der Waals surface area contributed by atoms with E-state index in [0.29, 0.717) is 6.04 Å². The molecule has 16 heavy (non-hydrogen) atoms. The van der Waals surface area contributed by atoms with Gasteiger partial charge < -0.3 is 5.73 Å². The van der Waals surface area contributed by atoms with Crippen LogP contribution in [-0.4, -0.2) is 6.04 Å². The highest BCUT2D eigenvalue weighted by Gasteiger charge is 2.26. The summed E-state index contributed by atoms with van der Waals surface area (Å²) in [5.41, 5.74) is 7.69. The molecule has 0 saturated heterocycles. The van der Waals surface area contributed by atoms with Crippen LogP contribution in [0.15, 0.2) is 30.3 Å². The first-order valence-electron chi connectivity index (χ1n) is 6.57. The van der Waals surface area contributed by atoms with Crippen molar-refractivity contribution < 1.29 is 0 Å². The van der Waals surface area contributed by atoms with Crippen molar-refractivity contribution in [3.63, 3.8) is 0 Å². The van der Waals surface area contributed by atoms with Gasteiger partial charge in [-0.25, -0.2) is 0 Å². The summed E-state index contributed by atoms with van der Waals surface area (Å²) in [7, 11) is 0. The predicted octanol–water partition coefficient (Wildman–Crippen LogP) is 3.38. The van der Waals surface area contributed by atoms with Gasteiger partial charge in [0.05, 0.1) is 0 Å². The monoisotopic (exact) mass is 217 g/mol. The second-order valence-electron chi connectivity index (χ2n) is 5.28. The molecular weight excluding hydrogens is 194 g/mol. The Balaban J connectivity index is 1.94. The van der Waals surface area contributed by atoms with Crippen molar-refractivity contribution in [1.82, 2.24) is 0 Å². The minimum atomic E-state index is 0.437. The third-order valence-electron chi connectivity index (χ3n) is 4.01. The van der Waals surface area contributed by atoms with E-state index in [0.717, 1.165) is 11.8 Å². The molecule has 88 valence electrons. The standard InChI is InChI=1S/C15H23N/c1-12(11-13-7-3-2-4-8-13)14-9-5-6-10-15(14)16/h2-4,7-8,12,14-15H,5-6,9-11,16H2,1H3/t12-,14-,15-/m1/s1. The second-order valence-corrected chi connectivity index (χ2v) is 5.28. The zero-order valence-corrected chi connectivity index (χ0v) is 10.2. The third kappa shape index (κ3) is 2.85. The lowest BCUT2D eigenvalue weighted by atomic mass is 9.75. The average molecular weight is 217 g/mol. The van der Waals surface area contributed by atoms with E-state index in [9.17, 15) is 0 Å². The number of hydrogen-bond donors (Lipinski definition) is 1. The van der Waals surface area contributed by atoms with Crippen molar-refractivity contribution in [2.24, 2.45) is 17.6 Å². The van der Waals surface area contributed by atoms with Crippen LogP contribution in [0.3, 0.4) is 0 Å². The Morgan fingerprint density at radius 3 is 2.56 bits per heavy atom. The maximum absolute atomic E-state index is 6.23. The summed E-state index contributed by atoms with van der Waals surface area (Å²) in [6, 6.07) is 11.2. The van der Waals surface area contributed by atoms with Crippen molar-refractivity contribution >= 4 is 0 Å². The largest absolute Gasteiger partial charge is 0.327 e. The molecule has 1 nitrogen and oxygen atoms in total. The van der Waals surface area contributed by atoms with E-state index in [4.69, 9.17) is 5.73 Å².